The van der Waals surface area contributed by atoms with Crippen molar-refractivity contribution >= 4 is 77.7 Å². The van der Waals surface area contributed by atoms with Crippen molar-refractivity contribution in [2.24, 2.45) is 5.73 Å². The van der Waals surface area contributed by atoms with E-state index in [0.717, 1.165) is 26.8 Å². The van der Waals surface area contributed by atoms with Crippen LogP contribution in [-0.2, 0) is 26.3 Å². The van der Waals surface area contributed by atoms with Crippen molar-refractivity contribution in [2.75, 3.05) is 18.1 Å². The van der Waals surface area contributed by atoms with E-state index in [-0.39, 0.29) is 11.8 Å². The van der Waals surface area contributed by atoms with Crippen LogP contribution in [0.3, 0.4) is 0 Å². The molecule has 5 aromatic rings. The SMILES string of the molecule is CC(=O)NCCn1ccc2ncnc(Nc3ccc(Oc4cccc5sncc45)c(Cl)c3)c21.CC(N)=O.CS(=O)(=O)O. The Kier molecular flexibility index (Phi) is 11.2. The summed E-state index contributed by atoms with van der Waals surface area (Å²) < 4.78 is 39.2. The number of nitrogens with two attached hydrogens (primary N) is 1. The normalized spacial score (nSPS) is 10.7. The Morgan fingerprint density at radius 2 is 1.86 bits per heavy atom. The van der Waals surface area contributed by atoms with Crippen molar-refractivity contribution in [1.82, 2.24) is 24.2 Å². The molecule has 5 N–H and O–H groups in total. The van der Waals surface area contributed by atoms with Crippen molar-refractivity contribution in [3.05, 3.63) is 66.2 Å². The number of aromatic nitrogens is 4. The lowest BCUT2D eigenvalue weighted by atomic mass is 10.2. The van der Waals surface area contributed by atoms with E-state index in [4.69, 9.17) is 20.9 Å². The molecule has 0 saturated carbocycles. The third-order valence-electron chi connectivity index (χ3n) is 5.05. The van der Waals surface area contributed by atoms with Crippen LogP contribution in [0.15, 0.2) is 61.2 Å². The second kappa shape index (κ2) is 14.5. The molecule has 0 spiro atoms. The van der Waals surface area contributed by atoms with Gasteiger partial charge >= 0.3 is 0 Å². The molecule has 5 rings (SSSR count). The van der Waals surface area contributed by atoms with Crippen molar-refractivity contribution in [3.63, 3.8) is 0 Å². The molecule has 0 aliphatic rings. The standard InChI is InChI=1S/C23H19ClN6O2S.C2H5NO.CH4O3S/c1-14(31)25-8-10-30-9-7-18-22(30)23(27-13-26-18)29-15-5-6-20(17(24)11-15)32-19-3-2-4-21-16(19)12-28-33-21;1-2(3)4;1-5(2,3)4/h2-7,9,11-13H,8,10H2,1H3,(H,25,31)(H,26,27,29);1H3,(H2,3,4);1H3,(H,2,3,4). The van der Waals surface area contributed by atoms with E-state index in [9.17, 15) is 18.0 Å². The molecule has 3 heterocycles. The van der Waals surface area contributed by atoms with Gasteiger partial charge < -0.3 is 25.7 Å². The van der Waals surface area contributed by atoms with Crippen LogP contribution in [0.1, 0.15) is 13.8 Å². The minimum atomic E-state index is -3.67. The fraction of sp³-hybridized carbons (Fsp3) is 0.192. The van der Waals surface area contributed by atoms with Gasteiger partial charge in [0.05, 0.1) is 33.1 Å². The molecule has 42 heavy (non-hydrogen) atoms. The van der Waals surface area contributed by atoms with Gasteiger partial charge in [-0.2, -0.15) is 12.8 Å². The maximum absolute atomic E-state index is 11.2. The van der Waals surface area contributed by atoms with E-state index in [1.54, 1.807) is 12.3 Å². The van der Waals surface area contributed by atoms with Crippen molar-refractivity contribution in [2.45, 2.75) is 20.4 Å². The monoisotopic (exact) mass is 633 g/mol. The molecule has 0 fully saturated rings. The molecule has 0 saturated heterocycles. The van der Waals surface area contributed by atoms with Gasteiger partial charge in [0.25, 0.3) is 10.1 Å². The number of hydrogen-bond acceptors (Lipinski definition) is 10. The van der Waals surface area contributed by atoms with Crippen LogP contribution in [-0.4, -0.2) is 56.5 Å². The van der Waals surface area contributed by atoms with Crippen LogP contribution in [0.2, 0.25) is 5.02 Å². The number of primary amides is 1. The molecule has 2 amide bonds. The summed E-state index contributed by atoms with van der Waals surface area (Å²) in [5.74, 6) is 1.50. The minimum absolute atomic E-state index is 0.0653. The van der Waals surface area contributed by atoms with Crippen LogP contribution in [0, 0.1) is 0 Å². The zero-order valence-electron chi connectivity index (χ0n) is 22.7. The van der Waals surface area contributed by atoms with Crippen LogP contribution in [0.4, 0.5) is 11.5 Å². The fourth-order valence-corrected chi connectivity index (χ4v) is 4.42. The molecule has 0 unspecified atom stereocenters. The average Bonchev–Trinajstić information content (AvgIpc) is 3.53. The van der Waals surface area contributed by atoms with E-state index in [2.05, 4.69) is 30.7 Å². The zero-order chi connectivity index (χ0) is 30.9. The van der Waals surface area contributed by atoms with Crippen LogP contribution in [0.25, 0.3) is 21.1 Å². The fourth-order valence-electron chi connectivity index (χ4n) is 3.53. The molecule has 0 bridgehead atoms. The Morgan fingerprint density at radius 1 is 1.14 bits per heavy atom. The Hall–Kier alpha value is -4.31. The quantitative estimate of drug-likeness (QED) is 0.187. The number of nitrogens with zero attached hydrogens (tertiary/aromatic N) is 4. The molecule has 16 heteroatoms. The summed E-state index contributed by atoms with van der Waals surface area (Å²) in [5.41, 5.74) is 6.88. The number of ether oxygens (including phenoxy) is 1. The number of nitrogens with one attached hydrogen (secondary N) is 2. The zero-order valence-corrected chi connectivity index (χ0v) is 25.1. The maximum atomic E-state index is 11.2. The van der Waals surface area contributed by atoms with Crippen molar-refractivity contribution in [3.8, 4) is 11.5 Å². The molecular weight excluding hydrogens is 606 g/mol. The number of anilines is 2. The van der Waals surface area contributed by atoms with Gasteiger partial charge in [-0.25, -0.2) is 9.97 Å². The van der Waals surface area contributed by atoms with Gasteiger partial charge in [-0.3, -0.25) is 14.1 Å². The lowest BCUT2D eigenvalue weighted by Gasteiger charge is -2.13. The number of fused-ring (bicyclic) bond motifs is 2. The highest BCUT2D eigenvalue weighted by molar-refractivity contribution is 7.85. The van der Waals surface area contributed by atoms with E-state index in [1.807, 2.05) is 47.2 Å². The molecule has 0 radical (unpaired) electrons. The lowest BCUT2D eigenvalue weighted by Crippen LogP contribution is -2.24. The molecule has 0 atom stereocenters. The molecule has 222 valence electrons. The predicted molar refractivity (Wildman–Crippen MR) is 163 cm³/mol. The molecule has 2 aromatic carbocycles. The maximum Gasteiger partial charge on any atom is 0.261 e. The van der Waals surface area contributed by atoms with Crippen molar-refractivity contribution in [1.29, 1.82) is 0 Å². The van der Waals surface area contributed by atoms with Gasteiger partial charge in [-0.1, -0.05) is 17.7 Å². The summed E-state index contributed by atoms with van der Waals surface area (Å²) in [6, 6.07) is 13.2. The van der Waals surface area contributed by atoms with Crippen molar-refractivity contribution < 1.29 is 27.3 Å². The largest absolute Gasteiger partial charge is 0.455 e. The minimum Gasteiger partial charge on any atom is -0.455 e. The summed E-state index contributed by atoms with van der Waals surface area (Å²) in [6.07, 6.45) is 5.95. The summed E-state index contributed by atoms with van der Waals surface area (Å²) >= 11 is 7.96. The summed E-state index contributed by atoms with van der Waals surface area (Å²) in [6.45, 7) is 3.91. The number of amides is 2. The number of halogens is 1. The smallest absolute Gasteiger partial charge is 0.261 e. The second-order valence-electron chi connectivity index (χ2n) is 8.66. The molecule has 0 aliphatic heterocycles. The average molecular weight is 634 g/mol. The highest BCUT2D eigenvalue weighted by Crippen LogP contribution is 2.36. The van der Waals surface area contributed by atoms with Gasteiger partial charge in [-0.05, 0) is 47.9 Å². The van der Waals surface area contributed by atoms with Gasteiger partial charge in [-0.15, -0.1) is 0 Å². The van der Waals surface area contributed by atoms with Gasteiger partial charge in [0.15, 0.2) is 5.82 Å². The highest BCUT2D eigenvalue weighted by atomic mass is 35.5. The molecule has 0 aliphatic carbocycles. The number of benzene rings is 2. The number of hydrogen-bond donors (Lipinski definition) is 4. The summed E-state index contributed by atoms with van der Waals surface area (Å²) in [4.78, 5) is 29.2. The Labute approximate surface area is 250 Å². The summed E-state index contributed by atoms with van der Waals surface area (Å²) in [5, 5.41) is 7.54. The third kappa shape index (κ3) is 9.95. The van der Waals surface area contributed by atoms with E-state index in [0.29, 0.717) is 41.7 Å². The van der Waals surface area contributed by atoms with Crippen LogP contribution < -0.4 is 21.1 Å². The summed E-state index contributed by atoms with van der Waals surface area (Å²) in [7, 11) is -3.67. The van der Waals surface area contributed by atoms with Gasteiger partial charge in [0, 0.05) is 38.8 Å². The first-order chi connectivity index (χ1) is 19.8. The molecule has 3 aromatic heterocycles. The predicted octanol–water partition coefficient (Wildman–Crippen LogP) is 4.36. The van der Waals surface area contributed by atoms with E-state index < -0.39 is 10.1 Å². The van der Waals surface area contributed by atoms with Gasteiger partial charge in [0.2, 0.25) is 11.8 Å². The first-order valence-corrected chi connectivity index (χ1v) is 15.1. The van der Waals surface area contributed by atoms with Gasteiger partial charge in [0.1, 0.15) is 23.3 Å². The molecular formula is C26H28ClN7O6S2. The van der Waals surface area contributed by atoms with E-state index >= 15 is 0 Å². The first kappa shape index (κ1) is 32.2. The Bertz CT molecular complexity index is 1800. The Morgan fingerprint density at radius 3 is 2.52 bits per heavy atom. The highest BCUT2D eigenvalue weighted by Gasteiger charge is 2.12. The van der Waals surface area contributed by atoms with Crippen LogP contribution in [0.5, 0.6) is 11.5 Å². The number of carbonyl (C=O) groups excluding carboxylic acids is 2. The van der Waals surface area contributed by atoms with Crippen LogP contribution >= 0.6 is 23.1 Å². The Balaban J connectivity index is 0.000000473. The number of carbonyl (C=O) groups is 2. The third-order valence-corrected chi connectivity index (χ3v) is 6.11. The number of rotatable bonds is 7. The molecule has 13 nitrogen and oxygen atoms in total. The van der Waals surface area contributed by atoms with E-state index in [1.165, 1.54) is 31.7 Å². The first-order valence-electron chi connectivity index (χ1n) is 12.1. The second-order valence-corrected chi connectivity index (χ2v) is 11.4. The topological polar surface area (TPSA) is 191 Å². The lowest BCUT2D eigenvalue weighted by molar-refractivity contribution is -0.119.